The van der Waals surface area contributed by atoms with Gasteiger partial charge in [0.05, 0.1) is 0 Å². The van der Waals surface area contributed by atoms with E-state index in [-0.39, 0.29) is 24.8 Å². The van der Waals surface area contributed by atoms with Crippen LogP contribution in [0.25, 0.3) is 0 Å². The Morgan fingerprint density at radius 1 is 1.21 bits per heavy atom. The van der Waals surface area contributed by atoms with Crippen molar-refractivity contribution in [2.45, 2.75) is 26.7 Å². The molecule has 0 spiro atoms. The zero-order chi connectivity index (χ0) is 8.81. The summed E-state index contributed by atoms with van der Waals surface area (Å²) in [5.41, 5.74) is 0. The molecule has 1 atom stereocenters. The van der Waals surface area contributed by atoms with E-state index >= 15 is 0 Å². The van der Waals surface area contributed by atoms with Crippen molar-refractivity contribution in [1.82, 2.24) is 10.2 Å². The van der Waals surface area contributed by atoms with Crippen LogP contribution < -0.4 is 5.32 Å². The van der Waals surface area contributed by atoms with Crippen LogP contribution in [-0.2, 0) is 0 Å². The Morgan fingerprint density at radius 2 is 1.86 bits per heavy atom. The van der Waals surface area contributed by atoms with Gasteiger partial charge in [-0.15, -0.1) is 24.8 Å². The highest BCUT2D eigenvalue weighted by atomic mass is 35.5. The lowest BCUT2D eigenvalue weighted by atomic mass is 10.1. The van der Waals surface area contributed by atoms with Crippen LogP contribution in [0.1, 0.15) is 26.7 Å². The smallest absolute Gasteiger partial charge is 0.00158 e. The second-order valence-electron chi connectivity index (χ2n) is 3.67. The summed E-state index contributed by atoms with van der Waals surface area (Å²) in [4.78, 5) is 2.51. The van der Waals surface area contributed by atoms with Crippen molar-refractivity contribution < 1.29 is 0 Å². The van der Waals surface area contributed by atoms with Crippen molar-refractivity contribution in [2.24, 2.45) is 5.92 Å². The SMILES string of the molecule is CCN(CC)CCC1CCNC1.Cl.Cl. The molecule has 88 valence electrons. The number of nitrogens with zero attached hydrogens (tertiary/aromatic N) is 1. The van der Waals surface area contributed by atoms with Crippen LogP contribution in [-0.4, -0.2) is 37.6 Å². The average molecular weight is 243 g/mol. The Morgan fingerprint density at radius 3 is 2.29 bits per heavy atom. The zero-order valence-electron chi connectivity index (χ0n) is 9.29. The molecule has 1 aliphatic rings. The summed E-state index contributed by atoms with van der Waals surface area (Å²) in [6.07, 6.45) is 2.77. The van der Waals surface area contributed by atoms with Crippen LogP contribution in [0.2, 0.25) is 0 Å². The maximum atomic E-state index is 3.41. The highest BCUT2D eigenvalue weighted by Crippen LogP contribution is 2.12. The minimum Gasteiger partial charge on any atom is -0.316 e. The van der Waals surface area contributed by atoms with Gasteiger partial charge < -0.3 is 10.2 Å². The minimum absolute atomic E-state index is 0. The van der Waals surface area contributed by atoms with Gasteiger partial charge in [-0.25, -0.2) is 0 Å². The van der Waals surface area contributed by atoms with E-state index in [1.807, 2.05) is 0 Å². The summed E-state index contributed by atoms with van der Waals surface area (Å²) in [6.45, 7) is 10.7. The molecule has 0 saturated carbocycles. The van der Waals surface area contributed by atoms with Gasteiger partial charge in [0, 0.05) is 0 Å². The van der Waals surface area contributed by atoms with Gasteiger partial charge in [0.25, 0.3) is 0 Å². The molecule has 0 aromatic heterocycles. The van der Waals surface area contributed by atoms with E-state index < -0.39 is 0 Å². The largest absolute Gasteiger partial charge is 0.316 e. The number of halogens is 2. The Kier molecular flexibility index (Phi) is 12.1. The first-order valence-corrected chi connectivity index (χ1v) is 5.29. The normalized spacial score (nSPS) is 20.4. The van der Waals surface area contributed by atoms with Crippen molar-refractivity contribution in [2.75, 3.05) is 32.7 Å². The Labute approximate surface area is 101 Å². The van der Waals surface area contributed by atoms with E-state index in [4.69, 9.17) is 0 Å². The van der Waals surface area contributed by atoms with Gasteiger partial charge in [0.1, 0.15) is 0 Å². The molecule has 0 aromatic carbocycles. The maximum absolute atomic E-state index is 3.41. The van der Waals surface area contributed by atoms with Crippen LogP contribution in [0, 0.1) is 5.92 Å². The molecule has 2 nitrogen and oxygen atoms in total. The molecule has 1 unspecified atom stereocenters. The lowest BCUT2D eigenvalue weighted by Gasteiger charge is -2.19. The van der Waals surface area contributed by atoms with Gasteiger partial charge in [0.15, 0.2) is 0 Å². The van der Waals surface area contributed by atoms with Crippen molar-refractivity contribution in [3.8, 4) is 0 Å². The van der Waals surface area contributed by atoms with E-state index in [1.54, 1.807) is 0 Å². The first-order chi connectivity index (χ1) is 5.86. The lowest BCUT2D eigenvalue weighted by molar-refractivity contribution is 0.279. The second kappa shape index (κ2) is 10.0. The Balaban J connectivity index is 0. The summed E-state index contributed by atoms with van der Waals surface area (Å²) in [5.74, 6) is 0.950. The van der Waals surface area contributed by atoms with E-state index in [9.17, 15) is 0 Å². The van der Waals surface area contributed by atoms with Gasteiger partial charge in [0.2, 0.25) is 0 Å². The second-order valence-corrected chi connectivity index (χ2v) is 3.67. The van der Waals surface area contributed by atoms with Crippen molar-refractivity contribution >= 4 is 24.8 Å². The fraction of sp³-hybridized carbons (Fsp3) is 1.00. The van der Waals surface area contributed by atoms with Crippen LogP contribution >= 0.6 is 24.8 Å². The van der Waals surface area contributed by atoms with Gasteiger partial charge in [-0.1, -0.05) is 13.8 Å². The number of nitrogens with one attached hydrogen (secondary N) is 1. The third-order valence-corrected chi connectivity index (χ3v) is 2.91. The van der Waals surface area contributed by atoms with Crippen molar-refractivity contribution in [3.63, 3.8) is 0 Å². The summed E-state index contributed by atoms with van der Waals surface area (Å²) in [6, 6.07) is 0. The topological polar surface area (TPSA) is 15.3 Å². The first kappa shape index (κ1) is 16.9. The monoisotopic (exact) mass is 242 g/mol. The molecule has 0 aromatic rings. The van der Waals surface area contributed by atoms with Gasteiger partial charge in [-0.3, -0.25) is 0 Å². The molecule has 0 amide bonds. The Hall–Kier alpha value is 0.500. The third kappa shape index (κ3) is 6.07. The third-order valence-electron chi connectivity index (χ3n) is 2.91. The summed E-state index contributed by atoms with van der Waals surface area (Å²) in [7, 11) is 0. The predicted molar refractivity (Wildman–Crippen MR) is 67.9 cm³/mol. The summed E-state index contributed by atoms with van der Waals surface area (Å²) in [5, 5.41) is 3.41. The van der Waals surface area contributed by atoms with E-state index in [0.717, 1.165) is 5.92 Å². The van der Waals surface area contributed by atoms with E-state index in [1.165, 1.54) is 45.6 Å². The maximum Gasteiger partial charge on any atom is -0.00158 e. The molecule has 4 heteroatoms. The van der Waals surface area contributed by atoms with Crippen molar-refractivity contribution in [3.05, 3.63) is 0 Å². The van der Waals surface area contributed by atoms with Gasteiger partial charge in [-0.2, -0.15) is 0 Å². The molecule has 0 radical (unpaired) electrons. The molecule has 0 bridgehead atoms. The molecule has 0 aliphatic carbocycles. The molecule has 1 rings (SSSR count). The van der Waals surface area contributed by atoms with Crippen LogP contribution in [0.4, 0.5) is 0 Å². The molecule has 1 N–H and O–H groups in total. The quantitative estimate of drug-likeness (QED) is 0.796. The van der Waals surface area contributed by atoms with Crippen LogP contribution in [0.15, 0.2) is 0 Å². The highest BCUT2D eigenvalue weighted by molar-refractivity contribution is 5.85. The number of hydrogen-bond donors (Lipinski definition) is 1. The van der Waals surface area contributed by atoms with Crippen LogP contribution in [0.5, 0.6) is 0 Å². The number of rotatable bonds is 5. The average Bonchev–Trinajstić information content (AvgIpc) is 2.59. The molecule has 1 saturated heterocycles. The highest BCUT2D eigenvalue weighted by Gasteiger charge is 2.14. The van der Waals surface area contributed by atoms with Gasteiger partial charge >= 0.3 is 0 Å². The van der Waals surface area contributed by atoms with E-state index in [0.29, 0.717) is 0 Å². The predicted octanol–water partition coefficient (Wildman–Crippen LogP) is 2.17. The minimum atomic E-state index is 0. The number of hydrogen-bond acceptors (Lipinski definition) is 2. The summed E-state index contributed by atoms with van der Waals surface area (Å²) < 4.78 is 0. The first-order valence-electron chi connectivity index (χ1n) is 5.29. The Bertz CT molecular complexity index is 111. The fourth-order valence-electron chi connectivity index (χ4n) is 1.87. The van der Waals surface area contributed by atoms with E-state index in [2.05, 4.69) is 24.1 Å². The van der Waals surface area contributed by atoms with Crippen LogP contribution in [0.3, 0.4) is 0 Å². The standard InChI is InChI=1S/C10H22N2.2ClH/c1-3-12(4-2)8-6-10-5-7-11-9-10;;/h10-11H,3-9H2,1-2H3;2*1H. The molecular weight excluding hydrogens is 219 g/mol. The van der Waals surface area contributed by atoms with Gasteiger partial charge in [-0.05, 0) is 51.5 Å². The molecule has 1 heterocycles. The molecule has 1 aliphatic heterocycles. The molecule has 1 fully saturated rings. The molecule has 14 heavy (non-hydrogen) atoms. The molecular formula is C10H24Cl2N2. The van der Waals surface area contributed by atoms with Crippen molar-refractivity contribution in [1.29, 1.82) is 0 Å². The zero-order valence-corrected chi connectivity index (χ0v) is 10.9. The fourth-order valence-corrected chi connectivity index (χ4v) is 1.87. The lowest BCUT2D eigenvalue weighted by Crippen LogP contribution is -2.26. The summed E-state index contributed by atoms with van der Waals surface area (Å²) >= 11 is 0.